The molecular formula is C17H17BrClN7O. The van der Waals surface area contributed by atoms with Crippen molar-refractivity contribution in [3.63, 3.8) is 0 Å². The van der Waals surface area contributed by atoms with Gasteiger partial charge < -0.3 is 4.90 Å². The zero-order valence-electron chi connectivity index (χ0n) is 14.8. The Morgan fingerprint density at radius 3 is 2.89 bits per heavy atom. The van der Waals surface area contributed by atoms with E-state index in [9.17, 15) is 4.79 Å². The minimum Gasteiger partial charge on any atom is -0.325 e. The third-order valence-corrected chi connectivity index (χ3v) is 5.32. The predicted octanol–water partition coefficient (Wildman–Crippen LogP) is 3.78. The number of imidazole rings is 1. The summed E-state index contributed by atoms with van der Waals surface area (Å²) in [6.45, 7) is 5.47. The second kappa shape index (κ2) is 6.97. The van der Waals surface area contributed by atoms with Gasteiger partial charge in [-0.2, -0.15) is 4.98 Å². The second-order valence-electron chi connectivity index (χ2n) is 6.03. The molecule has 0 unspecified atom stereocenters. The maximum atomic E-state index is 12.3. The minimum absolute atomic E-state index is 0.224. The van der Waals surface area contributed by atoms with Gasteiger partial charge in [0, 0.05) is 23.1 Å². The van der Waals surface area contributed by atoms with Crippen molar-refractivity contribution in [2.45, 2.75) is 20.4 Å². The minimum atomic E-state index is -0.224. The number of fused-ring (bicyclic) bond motifs is 5. The van der Waals surface area contributed by atoms with Crippen LogP contribution in [0, 0.1) is 0 Å². The highest BCUT2D eigenvalue weighted by Crippen LogP contribution is 2.34. The Kier molecular flexibility index (Phi) is 4.65. The molecule has 1 aliphatic rings. The van der Waals surface area contributed by atoms with E-state index in [1.807, 2.05) is 36.6 Å². The van der Waals surface area contributed by atoms with Crippen LogP contribution in [0.25, 0.3) is 17.1 Å². The van der Waals surface area contributed by atoms with E-state index in [-0.39, 0.29) is 12.0 Å². The normalized spacial score (nSPS) is 12.0. The highest BCUT2D eigenvalue weighted by molar-refractivity contribution is 9.10. The molecular weight excluding hydrogens is 434 g/mol. The maximum absolute atomic E-state index is 12.3. The lowest BCUT2D eigenvalue weighted by atomic mass is 10.1. The first-order valence-corrected chi connectivity index (χ1v) is 9.71. The van der Waals surface area contributed by atoms with Crippen molar-refractivity contribution >= 4 is 39.5 Å². The number of carbonyl (C=O) groups excluding carboxylic acids is 1. The molecule has 0 saturated heterocycles. The number of halogens is 2. The van der Waals surface area contributed by atoms with Crippen molar-refractivity contribution in [2.75, 3.05) is 18.4 Å². The summed E-state index contributed by atoms with van der Waals surface area (Å²) in [6, 6.07) is 5.66. The summed E-state index contributed by atoms with van der Waals surface area (Å²) in [5, 5.41) is 7.68. The molecule has 140 valence electrons. The topological polar surface area (TPSA) is 80.9 Å². The average Bonchev–Trinajstić information content (AvgIpc) is 3.17. The number of nitrogens with one attached hydrogen (secondary N) is 1. The summed E-state index contributed by atoms with van der Waals surface area (Å²) >= 11 is 9.80. The number of nitrogens with zero attached hydrogens (tertiary/aromatic N) is 6. The summed E-state index contributed by atoms with van der Waals surface area (Å²) in [6.07, 6.45) is 1.69. The van der Waals surface area contributed by atoms with Gasteiger partial charge in [0.2, 0.25) is 0 Å². The summed E-state index contributed by atoms with van der Waals surface area (Å²) in [5.41, 5.74) is 2.58. The summed E-state index contributed by atoms with van der Waals surface area (Å²) in [4.78, 5) is 22.8. The summed E-state index contributed by atoms with van der Waals surface area (Å²) < 4.78 is 4.59. The number of rotatable bonds is 3. The number of anilines is 1. The lowest BCUT2D eigenvalue weighted by molar-refractivity contribution is 0.217. The predicted molar refractivity (Wildman–Crippen MR) is 106 cm³/mol. The first kappa shape index (κ1) is 18.0. The van der Waals surface area contributed by atoms with Crippen LogP contribution >= 0.6 is 27.5 Å². The molecule has 0 fully saturated rings. The van der Waals surface area contributed by atoms with Crippen molar-refractivity contribution in [3.8, 4) is 17.1 Å². The summed E-state index contributed by atoms with van der Waals surface area (Å²) in [7, 11) is 0. The zero-order chi connectivity index (χ0) is 19.1. The number of benzene rings is 1. The maximum Gasteiger partial charge on any atom is 0.324 e. The van der Waals surface area contributed by atoms with Crippen LogP contribution in [0.4, 0.5) is 10.7 Å². The van der Waals surface area contributed by atoms with E-state index in [0.29, 0.717) is 30.6 Å². The molecule has 0 atom stereocenters. The molecule has 10 heteroatoms. The second-order valence-corrected chi connectivity index (χ2v) is 7.31. The standard InChI is InChI=1S/C17H17BrClN7O/c1-3-24(4-2)17(27)22-16-21-15-11-7-10(18)5-6-12(11)25-9-20-14(19)13(25)8-26(15)23-16/h5-7,9H,3-4,8H2,1-2H3,(H,22,23,27). The van der Waals surface area contributed by atoms with E-state index in [4.69, 9.17) is 11.6 Å². The molecule has 0 bridgehead atoms. The molecule has 1 aliphatic heterocycles. The van der Waals surface area contributed by atoms with E-state index in [0.717, 1.165) is 21.4 Å². The van der Waals surface area contributed by atoms with Gasteiger partial charge >= 0.3 is 6.03 Å². The Balaban J connectivity index is 1.80. The number of hydrogen-bond donors (Lipinski definition) is 1. The van der Waals surface area contributed by atoms with Crippen molar-refractivity contribution in [1.29, 1.82) is 0 Å². The molecule has 3 heterocycles. The smallest absolute Gasteiger partial charge is 0.324 e. The van der Waals surface area contributed by atoms with E-state index in [1.165, 1.54) is 0 Å². The van der Waals surface area contributed by atoms with E-state index in [2.05, 4.69) is 36.3 Å². The Morgan fingerprint density at radius 2 is 2.15 bits per heavy atom. The Morgan fingerprint density at radius 1 is 1.37 bits per heavy atom. The van der Waals surface area contributed by atoms with Gasteiger partial charge in [0.1, 0.15) is 6.33 Å². The van der Waals surface area contributed by atoms with Crippen molar-refractivity contribution in [1.82, 2.24) is 29.2 Å². The van der Waals surface area contributed by atoms with Crippen molar-refractivity contribution < 1.29 is 4.79 Å². The lowest BCUT2D eigenvalue weighted by Crippen LogP contribution is -2.34. The third kappa shape index (κ3) is 3.10. The zero-order valence-corrected chi connectivity index (χ0v) is 17.1. The average molecular weight is 451 g/mol. The number of aromatic nitrogens is 5. The molecule has 4 rings (SSSR count). The van der Waals surface area contributed by atoms with Crippen LogP contribution in [0.15, 0.2) is 29.0 Å². The molecule has 0 spiro atoms. The van der Waals surface area contributed by atoms with Gasteiger partial charge in [-0.3, -0.25) is 9.88 Å². The third-order valence-electron chi connectivity index (χ3n) is 4.52. The highest BCUT2D eigenvalue weighted by Gasteiger charge is 2.25. The first-order chi connectivity index (χ1) is 13.0. The molecule has 27 heavy (non-hydrogen) atoms. The Bertz CT molecular complexity index is 1020. The van der Waals surface area contributed by atoms with Crippen LogP contribution in [-0.4, -0.2) is 48.3 Å². The van der Waals surface area contributed by atoms with Crippen molar-refractivity contribution in [3.05, 3.63) is 39.8 Å². The number of carbonyl (C=O) groups is 1. The quantitative estimate of drug-likeness (QED) is 0.515. The van der Waals surface area contributed by atoms with Crippen LogP contribution in [0.2, 0.25) is 5.15 Å². The van der Waals surface area contributed by atoms with Gasteiger partial charge in [0.25, 0.3) is 5.95 Å². The van der Waals surface area contributed by atoms with Gasteiger partial charge in [0.05, 0.1) is 17.9 Å². The fourth-order valence-corrected chi connectivity index (χ4v) is 3.69. The van der Waals surface area contributed by atoms with Gasteiger partial charge in [0.15, 0.2) is 11.0 Å². The molecule has 0 aliphatic carbocycles. The van der Waals surface area contributed by atoms with Crippen LogP contribution < -0.4 is 5.32 Å². The van der Waals surface area contributed by atoms with E-state index in [1.54, 1.807) is 15.9 Å². The number of hydrogen-bond acceptors (Lipinski definition) is 4. The van der Waals surface area contributed by atoms with Crippen LogP contribution in [0.1, 0.15) is 19.5 Å². The number of urea groups is 1. The molecule has 3 aromatic rings. The Hall–Kier alpha value is -2.39. The van der Waals surface area contributed by atoms with Crippen molar-refractivity contribution in [2.24, 2.45) is 0 Å². The molecule has 0 radical (unpaired) electrons. The van der Waals surface area contributed by atoms with Crippen LogP contribution in [-0.2, 0) is 6.54 Å². The Labute approximate surface area is 169 Å². The largest absolute Gasteiger partial charge is 0.325 e. The lowest BCUT2D eigenvalue weighted by Gasteiger charge is -2.17. The number of amides is 2. The van der Waals surface area contributed by atoms with E-state index < -0.39 is 0 Å². The first-order valence-electron chi connectivity index (χ1n) is 8.54. The molecule has 2 aromatic heterocycles. The van der Waals surface area contributed by atoms with Gasteiger partial charge in [-0.05, 0) is 32.0 Å². The van der Waals surface area contributed by atoms with Gasteiger partial charge in [-0.15, -0.1) is 5.10 Å². The SMILES string of the molecule is CCN(CC)C(=O)Nc1nc2n(n1)Cc1c(Cl)ncn1-c1ccc(Br)cc1-2. The molecule has 8 nitrogen and oxygen atoms in total. The van der Waals surface area contributed by atoms with Gasteiger partial charge in [-0.1, -0.05) is 27.5 Å². The summed E-state index contributed by atoms with van der Waals surface area (Å²) in [5.74, 6) is 0.915. The molecule has 2 amide bonds. The van der Waals surface area contributed by atoms with E-state index >= 15 is 0 Å². The van der Waals surface area contributed by atoms with Crippen LogP contribution in [0.3, 0.4) is 0 Å². The molecule has 1 N–H and O–H groups in total. The highest BCUT2D eigenvalue weighted by atomic mass is 79.9. The van der Waals surface area contributed by atoms with Gasteiger partial charge in [-0.25, -0.2) is 14.5 Å². The monoisotopic (exact) mass is 449 g/mol. The fourth-order valence-electron chi connectivity index (χ4n) is 3.13. The molecule has 0 saturated carbocycles. The fraction of sp³-hybridized carbons (Fsp3) is 0.294. The van der Waals surface area contributed by atoms with Crippen LogP contribution in [0.5, 0.6) is 0 Å². The molecule has 1 aromatic carbocycles.